The zero-order chi connectivity index (χ0) is 14.7. The molecule has 0 spiro atoms. The zero-order valence-electron chi connectivity index (χ0n) is 11.9. The molecular weight excluding hydrogens is 262 g/mol. The van der Waals surface area contributed by atoms with Crippen molar-refractivity contribution in [3.05, 3.63) is 35.4 Å². The van der Waals surface area contributed by atoms with E-state index < -0.39 is 11.6 Å². The lowest BCUT2D eigenvalue weighted by atomic mass is 9.98. The molecule has 1 aliphatic rings. The molecule has 0 radical (unpaired) electrons. The Morgan fingerprint density at radius 3 is 2.70 bits per heavy atom. The molecule has 4 nitrogen and oxygen atoms in total. The number of hydrogen-bond acceptors (Lipinski definition) is 4. The van der Waals surface area contributed by atoms with Crippen LogP contribution in [0.25, 0.3) is 0 Å². The highest BCUT2D eigenvalue weighted by Gasteiger charge is 2.30. The monoisotopic (exact) mass is 284 g/mol. The van der Waals surface area contributed by atoms with Gasteiger partial charge in [-0.3, -0.25) is 11.3 Å². The van der Waals surface area contributed by atoms with Crippen molar-refractivity contribution < 1.29 is 8.78 Å². The Balaban J connectivity index is 2.29. The summed E-state index contributed by atoms with van der Waals surface area (Å²) in [6.45, 7) is 2.71. The number of nitrogens with two attached hydrogens (primary N) is 1. The summed E-state index contributed by atoms with van der Waals surface area (Å²) < 4.78 is 27.1. The van der Waals surface area contributed by atoms with Crippen molar-refractivity contribution in [2.45, 2.75) is 18.5 Å². The standard InChI is InChI=1S/C14H22F2N4/c1-19-6-3-7-20(2)13(9-19)14(18-17)11-5-4-10(15)8-12(11)16/h4-5,8,13-14,18H,3,6-7,9,17H2,1-2H3. The molecule has 20 heavy (non-hydrogen) atoms. The lowest BCUT2D eigenvalue weighted by Crippen LogP contribution is -2.49. The second-order valence-electron chi connectivity index (χ2n) is 5.47. The Bertz CT molecular complexity index is 455. The van der Waals surface area contributed by atoms with Crippen LogP contribution in [0.5, 0.6) is 0 Å². The molecule has 3 N–H and O–H groups in total. The molecule has 2 atom stereocenters. The number of benzene rings is 1. The molecule has 6 heteroatoms. The Morgan fingerprint density at radius 1 is 1.30 bits per heavy atom. The summed E-state index contributed by atoms with van der Waals surface area (Å²) in [4.78, 5) is 4.39. The summed E-state index contributed by atoms with van der Waals surface area (Å²) in [6.07, 6.45) is 1.06. The van der Waals surface area contributed by atoms with E-state index in [2.05, 4.69) is 15.2 Å². The smallest absolute Gasteiger partial charge is 0.131 e. The molecule has 0 aromatic heterocycles. The topological polar surface area (TPSA) is 44.5 Å². The molecule has 0 aliphatic carbocycles. The third kappa shape index (κ3) is 3.32. The van der Waals surface area contributed by atoms with E-state index in [9.17, 15) is 8.78 Å². The number of nitrogens with one attached hydrogen (secondary N) is 1. The van der Waals surface area contributed by atoms with Gasteiger partial charge in [-0.1, -0.05) is 6.07 Å². The molecular formula is C14H22F2N4. The fraction of sp³-hybridized carbons (Fsp3) is 0.571. The summed E-state index contributed by atoms with van der Waals surface area (Å²) >= 11 is 0. The molecule has 2 unspecified atom stereocenters. The molecule has 0 saturated carbocycles. The first-order valence-electron chi connectivity index (χ1n) is 6.82. The van der Waals surface area contributed by atoms with Gasteiger partial charge in [0.2, 0.25) is 0 Å². The number of hydrogen-bond donors (Lipinski definition) is 2. The minimum absolute atomic E-state index is 0.0347. The van der Waals surface area contributed by atoms with Crippen molar-refractivity contribution in [1.82, 2.24) is 15.2 Å². The summed E-state index contributed by atoms with van der Waals surface area (Å²) in [6, 6.07) is 3.30. The van der Waals surface area contributed by atoms with E-state index in [0.29, 0.717) is 5.56 Å². The van der Waals surface area contributed by atoms with Crippen LogP contribution in [0.1, 0.15) is 18.0 Å². The Hall–Kier alpha value is -1.08. The van der Waals surface area contributed by atoms with E-state index in [1.807, 2.05) is 14.1 Å². The van der Waals surface area contributed by atoms with Crippen LogP contribution < -0.4 is 11.3 Å². The molecule has 112 valence electrons. The molecule has 1 aromatic carbocycles. The van der Waals surface area contributed by atoms with Crippen LogP contribution in [0.3, 0.4) is 0 Å². The summed E-state index contributed by atoms with van der Waals surface area (Å²) in [5, 5.41) is 0. The molecule has 0 amide bonds. The Kier molecular flexibility index (Phi) is 5.04. The van der Waals surface area contributed by atoms with E-state index in [1.165, 1.54) is 12.1 Å². The summed E-state index contributed by atoms with van der Waals surface area (Å²) in [7, 11) is 4.05. The van der Waals surface area contributed by atoms with E-state index in [1.54, 1.807) is 0 Å². The predicted octanol–water partition coefficient (Wildman–Crippen LogP) is 1.11. The lowest BCUT2D eigenvalue weighted by Gasteiger charge is -2.34. The highest BCUT2D eigenvalue weighted by atomic mass is 19.1. The van der Waals surface area contributed by atoms with Gasteiger partial charge in [0.1, 0.15) is 11.6 Å². The molecule has 1 aliphatic heterocycles. The maximum absolute atomic E-state index is 14.0. The first-order valence-corrected chi connectivity index (χ1v) is 6.82. The van der Waals surface area contributed by atoms with Crippen LogP contribution in [0.2, 0.25) is 0 Å². The van der Waals surface area contributed by atoms with Gasteiger partial charge >= 0.3 is 0 Å². The normalized spacial score (nSPS) is 23.6. The van der Waals surface area contributed by atoms with Gasteiger partial charge < -0.3 is 9.80 Å². The van der Waals surface area contributed by atoms with Crippen molar-refractivity contribution >= 4 is 0 Å². The largest absolute Gasteiger partial charge is 0.305 e. The van der Waals surface area contributed by atoms with Crippen LogP contribution in [-0.2, 0) is 0 Å². The van der Waals surface area contributed by atoms with Crippen LogP contribution in [0.15, 0.2) is 18.2 Å². The summed E-state index contributed by atoms with van der Waals surface area (Å²) in [5.41, 5.74) is 3.10. The first kappa shape index (κ1) is 15.3. The quantitative estimate of drug-likeness (QED) is 0.644. The van der Waals surface area contributed by atoms with Gasteiger partial charge in [-0.25, -0.2) is 8.78 Å². The summed E-state index contributed by atoms with van der Waals surface area (Å²) in [5.74, 6) is 4.51. The zero-order valence-corrected chi connectivity index (χ0v) is 11.9. The average molecular weight is 284 g/mol. The third-order valence-corrected chi connectivity index (χ3v) is 3.98. The van der Waals surface area contributed by atoms with Gasteiger partial charge in [-0.05, 0) is 39.7 Å². The molecule has 1 aromatic rings. The average Bonchev–Trinajstić information content (AvgIpc) is 2.55. The number of nitrogens with zero attached hydrogens (tertiary/aromatic N) is 2. The SMILES string of the molecule is CN1CCCN(C)C(C(NN)c2ccc(F)cc2F)C1. The van der Waals surface area contributed by atoms with Gasteiger partial charge in [0.25, 0.3) is 0 Å². The number of hydrazine groups is 1. The van der Waals surface area contributed by atoms with Gasteiger partial charge in [0, 0.05) is 24.2 Å². The minimum atomic E-state index is -0.576. The number of halogens is 2. The van der Waals surface area contributed by atoms with Gasteiger partial charge in [-0.15, -0.1) is 0 Å². The molecule has 1 saturated heterocycles. The van der Waals surface area contributed by atoms with E-state index in [-0.39, 0.29) is 12.1 Å². The maximum Gasteiger partial charge on any atom is 0.131 e. The fourth-order valence-electron chi connectivity index (χ4n) is 2.83. The molecule has 2 rings (SSSR count). The molecule has 1 heterocycles. The van der Waals surface area contributed by atoms with Crippen molar-refractivity contribution in [3.8, 4) is 0 Å². The number of rotatable bonds is 3. The lowest BCUT2D eigenvalue weighted by molar-refractivity contribution is 0.176. The highest BCUT2D eigenvalue weighted by molar-refractivity contribution is 5.24. The van der Waals surface area contributed by atoms with Gasteiger partial charge in [-0.2, -0.15) is 0 Å². The van der Waals surface area contributed by atoms with E-state index in [0.717, 1.165) is 32.1 Å². The van der Waals surface area contributed by atoms with Crippen molar-refractivity contribution in [2.75, 3.05) is 33.7 Å². The van der Waals surface area contributed by atoms with Crippen LogP contribution in [-0.4, -0.2) is 49.6 Å². The Labute approximate surface area is 118 Å². The second kappa shape index (κ2) is 6.58. The predicted molar refractivity (Wildman–Crippen MR) is 75.0 cm³/mol. The second-order valence-corrected chi connectivity index (χ2v) is 5.47. The maximum atomic E-state index is 14.0. The van der Waals surface area contributed by atoms with Crippen LogP contribution in [0.4, 0.5) is 8.78 Å². The van der Waals surface area contributed by atoms with Gasteiger partial charge in [0.05, 0.1) is 6.04 Å². The van der Waals surface area contributed by atoms with Crippen molar-refractivity contribution in [2.24, 2.45) is 5.84 Å². The van der Waals surface area contributed by atoms with Crippen molar-refractivity contribution in [3.63, 3.8) is 0 Å². The molecule has 0 bridgehead atoms. The van der Waals surface area contributed by atoms with E-state index >= 15 is 0 Å². The first-order chi connectivity index (χ1) is 9.52. The highest BCUT2D eigenvalue weighted by Crippen LogP contribution is 2.25. The fourth-order valence-corrected chi connectivity index (χ4v) is 2.83. The number of likely N-dealkylation sites (N-methyl/N-ethyl adjacent to an activating group) is 2. The van der Waals surface area contributed by atoms with E-state index in [4.69, 9.17) is 5.84 Å². The van der Waals surface area contributed by atoms with Crippen LogP contribution >= 0.6 is 0 Å². The molecule has 1 fully saturated rings. The third-order valence-electron chi connectivity index (χ3n) is 3.98. The van der Waals surface area contributed by atoms with Gasteiger partial charge in [0.15, 0.2) is 0 Å². The van der Waals surface area contributed by atoms with Crippen LogP contribution in [0, 0.1) is 11.6 Å². The Morgan fingerprint density at radius 2 is 2.05 bits per heavy atom. The van der Waals surface area contributed by atoms with Crippen molar-refractivity contribution in [1.29, 1.82) is 0 Å². The minimum Gasteiger partial charge on any atom is -0.305 e.